The van der Waals surface area contributed by atoms with E-state index in [1.165, 1.54) is 0 Å². The number of nitrogens with zero attached hydrogens (tertiary/aromatic N) is 2. The zero-order valence-electron chi connectivity index (χ0n) is 10.6. The van der Waals surface area contributed by atoms with Gasteiger partial charge in [-0.05, 0) is 6.07 Å². The fraction of sp³-hybridized carbons (Fsp3) is 0.615. The van der Waals surface area contributed by atoms with E-state index in [1.807, 2.05) is 24.1 Å². The van der Waals surface area contributed by atoms with Gasteiger partial charge in [-0.25, -0.2) is 4.98 Å². The third kappa shape index (κ3) is 3.13. The number of aliphatic hydroxyl groups is 1. The lowest BCUT2D eigenvalue weighted by atomic mass is 9.94. The van der Waals surface area contributed by atoms with Crippen molar-refractivity contribution >= 4 is 17.4 Å². The molecule has 0 amide bonds. The maximum atomic E-state index is 10.5. The number of likely N-dealkylation sites (N-methyl/N-ethyl adjacent to an activating group) is 1. The molecule has 1 fully saturated rings. The SMILES string of the molecule is CN(CC1(O)CCOCC1)c1ncccc1CCl. The first kappa shape index (κ1) is 13.6. The number of halogens is 1. The van der Waals surface area contributed by atoms with Crippen molar-refractivity contribution < 1.29 is 9.84 Å². The van der Waals surface area contributed by atoms with E-state index in [-0.39, 0.29) is 0 Å². The van der Waals surface area contributed by atoms with E-state index >= 15 is 0 Å². The van der Waals surface area contributed by atoms with Crippen LogP contribution in [0, 0.1) is 0 Å². The third-order valence-electron chi connectivity index (χ3n) is 3.33. The van der Waals surface area contributed by atoms with Crippen molar-refractivity contribution in [3.05, 3.63) is 23.9 Å². The van der Waals surface area contributed by atoms with Crippen LogP contribution in [-0.4, -0.2) is 42.5 Å². The molecule has 1 saturated heterocycles. The van der Waals surface area contributed by atoms with Gasteiger partial charge in [0.1, 0.15) is 5.82 Å². The van der Waals surface area contributed by atoms with Crippen LogP contribution in [0.5, 0.6) is 0 Å². The lowest BCUT2D eigenvalue weighted by Crippen LogP contribution is -2.46. The van der Waals surface area contributed by atoms with Gasteiger partial charge in [-0.3, -0.25) is 0 Å². The molecule has 0 aliphatic carbocycles. The van der Waals surface area contributed by atoms with Crippen molar-refractivity contribution in [3.63, 3.8) is 0 Å². The molecule has 100 valence electrons. The highest BCUT2D eigenvalue weighted by atomic mass is 35.5. The summed E-state index contributed by atoms with van der Waals surface area (Å²) in [6.45, 7) is 1.79. The number of anilines is 1. The van der Waals surface area contributed by atoms with Crippen LogP contribution in [0.2, 0.25) is 0 Å². The predicted molar refractivity (Wildman–Crippen MR) is 72.1 cm³/mol. The quantitative estimate of drug-likeness (QED) is 0.848. The summed E-state index contributed by atoms with van der Waals surface area (Å²) >= 11 is 5.90. The molecule has 0 bridgehead atoms. The first-order chi connectivity index (χ1) is 8.64. The average Bonchev–Trinajstić information content (AvgIpc) is 2.39. The molecule has 0 aromatic carbocycles. The van der Waals surface area contributed by atoms with Crippen LogP contribution >= 0.6 is 11.6 Å². The second-order valence-corrected chi connectivity index (χ2v) is 5.08. The molecule has 5 heteroatoms. The standard InChI is InChI=1S/C13H19ClN2O2/c1-16(10-13(17)4-7-18-8-5-13)12-11(9-14)3-2-6-15-12/h2-3,6,17H,4-5,7-10H2,1H3. The third-order valence-corrected chi connectivity index (χ3v) is 3.62. The van der Waals surface area contributed by atoms with Crippen molar-refractivity contribution in [3.8, 4) is 0 Å². The molecule has 0 atom stereocenters. The lowest BCUT2D eigenvalue weighted by Gasteiger charge is -2.36. The van der Waals surface area contributed by atoms with Crippen LogP contribution in [-0.2, 0) is 10.6 Å². The van der Waals surface area contributed by atoms with Crippen molar-refractivity contribution in [2.75, 3.05) is 31.7 Å². The molecule has 0 spiro atoms. The Kier molecular flexibility index (Phi) is 4.43. The molecule has 0 saturated carbocycles. The van der Waals surface area contributed by atoms with Crippen LogP contribution in [0.15, 0.2) is 18.3 Å². The molecule has 4 nitrogen and oxygen atoms in total. The number of ether oxygens (including phenoxy) is 1. The number of aromatic nitrogens is 1. The number of rotatable bonds is 4. The van der Waals surface area contributed by atoms with Crippen LogP contribution in [0.3, 0.4) is 0 Å². The molecule has 1 aromatic rings. The van der Waals surface area contributed by atoms with Gasteiger partial charge in [0.05, 0.1) is 11.5 Å². The van der Waals surface area contributed by atoms with Gasteiger partial charge in [0, 0.05) is 51.4 Å². The fourth-order valence-corrected chi connectivity index (χ4v) is 2.51. The summed E-state index contributed by atoms with van der Waals surface area (Å²) in [5.41, 5.74) is 0.297. The van der Waals surface area contributed by atoms with Crippen LogP contribution in [0.1, 0.15) is 18.4 Å². The van der Waals surface area contributed by atoms with Crippen LogP contribution in [0.4, 0.5) is 5.82 Å². The molecule has 1 N–H and O–H groups in total. The van der Waals surface area contributed by atoms with Crippen LogP contribution in [0.25, 0.3) is 0 Å². The minimum atomic E-state index is -0.686. The molecule has 18 heavy (non-hydrogen) atoms. The van der Waals surface area contributed by atoms with Crippen LogP contribution < -0.4 is 4.90 Å². The van der Waals surface area contributed by atoms with Gasteiger partial charge >= 0.3 is 0 Å². The van der Waals surface area contributed by atoms with E-state index in [0.717, 1.165) is 11.4 Å². The highest BCUT2D eigenvalue weighted by Crippen LogP contribution is 2.25. The molecular weight excluding hydrogens is 252 g/mol. The monoisotopic (exact) mass is 270 g/mol. The molecule has 1 aliphatic heterocycles. The highest BCUT2D eigenvalue weighted by molar-refractivity contribution is 6.17. The summed E-state index contributed by atoms with van der Waals surface area (Å²) in [5.74, 6) is 1.27. The summed E-state index contributed by atoms with van der Waals surface area (Å²) in [4.78, 5) is 6.32. The van der Waals surface area contributed by atoms with E-state index in [9.17, 15) is 5.11 Å². The molecule has 1 aromatic heterocycles. The average molecular weight is 271 g/mol. The summed E-state index contributed by atoms with van der Waals surface area (Å²) in [6, 6.07) is 3.83. The first-order valence-electron chi connectivity index (χ1n) is 6.16. The summed E-state index contributed by atoms with van der Waals surface area (Å²) in [6.07, 6.45) is 3.08. The lowest BCUT2D eigenvalue weighted by molar-refractivity contribution is -0.0573. The normalized spacial score (nSPS) is 18.6. The smallest absolute Gasteiger partial charge is 0.132 e. The molecular formula is C13H19ClN2O2. The molecule has 0 radical (unpaired) electrons. The predicted octanol–water partition coefficient (Wildman–Crippen LogP) is 1.80. The fourth-order valence-electron chi connectivity index (χ4n) is 2.30. The van der Waals surface area contributed by atoms with E-state index < -0.39 is 5.60 Å². The number of hydrogen-bond donors (Lipinski definition) is 1. The Balaban J connectivity index is 2.08. The van der Waals surface area contributed by atoms with Gasteiger partial charge in [-0.15, -0.1) is 11.6 Å². The number of hydrogen-bond acceptors (Lipinski definition) is 4. The minimum absolute atomic E-state index is 0.426. The van der Waals surface area contributed by atoms with E-state index in [2.05, 4.69) is 4.98 Å². The first-order valence-corrected chi connectivity index (χ1v) is 6.69. The van der Waals surface area contributed by atoms with Gasteiger partial charge in [0.15, 0.2) is 0 Å². The minimum Gasteiger partial charge on any atom is -0.388 e. The second-order valence-electron chi connectivity index (χ2n) is 4.81. The Morgan fingerprint density at radius 1 is 1.50 bits per heavy atom. The Labute approximate surface area is 113 Å². The number of pyridine rings is 1. The number of alkyl halides is 1. The Morgan fingerprint density at radius 3 is 2.89 bits per heavy atom. The zero-order valence-corrected chi connectivity index (χ0v) is 11.4. The second kappa shape index (κ2) is 5.87. The summed E-state index contributed by atoms with van der Waals surface area (Å²) in [5, 5.41) is 10.5. The Morgan fingerprint density at radius 2 is 2.22 bits per heavy atom. The van der Waals surface area contributed by atoms with E-state index in [0.29, 0.717) is 38.5 Å². The van der Waals surface area contributed by atoms with Crippen molar-refractivity contribution in [1.82, 2.24) is 4.98 Å². The van der Waals surface area contributed by atoms with Crippen molar-refractivity contribution in [2.24, 2.45) is 0 Å². The van der Waals surface area contributed by atoms with Gasteiger partial charge in [-0.2, -0.15) is 0 Å². The summed E-state index contributed by atoms with van der Waals surface area (Å²) < 4.78 is 5.28. The van der Waals surface area contributed by atoms with Gasteiger partial charge in [-0.1, -0.05) is 6.07 Å². The molecule has 1 aliphatic rings. The highest BCUT2D eigenvalue weighted by Gasteiger charge is 2.31. The van der Waals surface area contributed by atoms with Gasteiger partial charge < -0.3 is 14.7 Å². The van der Waals surface area contributed by atoms with Crippen molar-refractivity contribution in [2.45, 2.75) is 24.3 Å². The Hall–Kier alpha value is -0.840. The van der Waals surface area contributed by atoms with E-state index in [4.69, 9.17) is 16.3 Å². The maximum Gasteiger partial charge on any atom is 0.132 e. The van der Waals surface area contributed by atoms with E-state index in [1.54, 1.807) is 6.20 Å². The Bertz CT molecular complexity index is 394. The molecule has 0 unspecified atom stereocenters. The molecule has 2 heterocycles. The summed E-state index contributed by atoms with van der Waals surface area (Å²) in [7, 11) is 1.94. The largest absolute Gasteiger partial charge is 0.388 e. The topological polar surface area (TPSA) is 45.6 Å². The van der Waals surface area contributed by atoms with Gasteiger partial charge in [0.2, 0.25) is 0 Å². The zero-order chi connectivity index (χ0) is 13.0. The van der Waals surface area contributed by atoms with Gasteiger partial charge in [0.25, 0.3) is 0 Å². The molecule has 2 rings (SSSR count). The maximum absolute atomic E-state index is 10.5. The van der Waals surface area contributed by atoms with Crippen molar-refractivity contribution in [1.29, 1.82) is 0 Å².